The van der Waals surface area contributed by atoms with Gasteiger partial charge in [-0.25, -0.2) is 9.59 Å². The first-order chi connectivity index (χ1) is 7.63. The maximum Gasteiger partial charge on any atom is 0.394 e. The fourth-order valence-corrected chi connectivity index (χ4v) is 0.560. The van der Waals surface area contributed by atoms with E-state index in [1.165, 1.54) is 0 Å². The van der Waals surface area contributed by atoms with Gasteiger partial charge < -0.3 is 15.2 Å². The van der Waals surface area contributed by atoms with Crippen molar-refractivity contribution in [2.75, 3.05) is 13.2 Å². The number of hydrogen-bond donors (Lipinski definition) is 3. The minimum absolute atomic E-state index is 0.200. The third-order valence-electron chi connectivity index (χ3n) is 1.08. The Labute approximate surface area is 98.5 Å². The van der Waals surface area contributed by atoms with Crippen molar-refractivity contribution in [1.82, 2.24) is 0 Å². The quantitative estimate of drug-likeness (QED) is 0.325. The van der Waals surface area contributed by atoms with Gasteiger partial charge in [-0.3, -0.25) is 9.11 Å². The summed E-state index contributed by atoms with van der Waals surface area (Å²) in [6.07, 6.45) is 0. The molecule has 0 amide bonds. The van der Waals surface area contributed by atoms with Crippen molar-refractivity contribution in [2.45, 2.75) is 19.9 Å². The smallest absolute Gasteiger partial charge is 0.394 e. The van der Waals surface area contributed by atoms with Crippen molar-refractivity contribution in [2.24, 2.45) is 5.73 Å². The van der Waals surface area contributed by atoms with Crippen molar-refractivity contribution in [1.29, 1.82) is 0 Å². The number of esters is 2. The Kier molecular flexibility index (Phi) is 9.47. The average Bonchev–Trinajstić information content (AvgIpc) is 2.14. The molecular weight excluding hydrogens is 258 g/mol. The zero-order chi connectivity index (χ0) is 14.1. The summed E-state index contributed by atoms with van der Waals surface area (Å²) in [5.74, 6) is -1.51. The van der Waals surface area contributed by atoms with Crippen molar-refractivity contribution in [3.05, 3.63) is 0 Å². The van der Waals surface area contributed by atoms with Crippen molar-refractivity contribution >= 4 is 22.3 Å². The van der Waals surface area contributed by atoms with Crippen LogP contribution in [-0.2, 0) is 29.5 Å². The molecule has 10 heteroatoms. The molecule has 0 saturated heterocycles. The summed E-state index contributed by atoms with van der Waals surface area (Å²) in [5, 5.41) is 0. The van der Waals surface area contributed by atoms with E-state index in [0.29, 0.717) is 0 Å². The van der Waals surface area contributed by atoms with E-state index in [0.717, 1.165) is 0 Å². The van der Waals surface area contributed by atoms with Gasteiger partial charge in [-0.2, -0.15) is 8.42 Å². The van der Waals surface area contributed by atoms with Crippen molar-refractivity contribution in [3.8, 4) is 0 Å². The lowest BCUT2D eigenvalue weighted by atomic mass is 10.3. The molecule has 0 aromatic carbocycles. The predicted octanol–water partition coefficient (Wildman–Crippen LogP) is -1.21. The maximum atomic E-state index is 10.8. The summed E-state index contributed by atoms with van der Waals surface area (Å²) >= 11 is 0. The van der Waals surface area contributed by atoms with Gasteiger partial charge in [0.2, 0.25) is 6.04 Å². The van der Waals surface area contributed by atoms with E-state index in [4.69, 9.17) is 23.3 Å². The van der Waals surface area contributed by atoms with Crippen LogP contribution in [0.2, 0.25) is 0 Å². The average molecular weight is 273 g/mol. The van der Waals surface area contributed by atoms with E-state index in [9.17, 15) is 9.59 Å². The predicted molar refractivity (Wildman–Crippen MR) is 55.4 cm³/mol. The molecule has 0 saturated carbocycles. The number of hydrogen-bond acceptors (Lipinski definition) is 7. The molecule has 4 N–H and O–H groups in total. The first-order valence-electron chi connectivity index (χ1n) is 4.42. The number of carbonyl (C=O) groups excluding carboxylic acids is 2. The van der Waals surface area contributed by atoms with Gasteiger partial charge in [-0.1, -0.05) is 0 Å². The van der Waals surface area contributed by atoms with Crippen molar-refractivity contribution < 1.29 is 36.6 Å². The highest BCUT2D eigenvalue weighted by Gasteiger charge is 2.24. The second kappa shape index (κ2) is 8.87. The first kappa shape index (κ1) is 18.1. The van der Waals surface area contributed by atoms with E-state index in [1.54, 1.807) is 13.8 Å². The van der Waals surface area contributed by atoms with Crippen LogP contribution in [0.25, 0.3) is 0 Å². The van der Waals surface area contributed by atoms with Gasteiger partial charge >= 0.3 is 22.3 Å². The lowest BCUT2D eigenvalue weighted by molar-refractivity contribution is -0.156. The fourth-order valence-electron chi connectivity index (χ4n) is 0.560. The molecule has 0 aliphatic heterocycles. The molecule has 0 atom stereocenters. The van der Waals surface area contributed by atoms with E-state index >= 15 is 0 Å². The Morgan fingerprint density at radius 2 is 1.35 bits per heavy atom. The summed E-state index contributed by atoms with van der Waals surface area (Å²) in [5.41, 5.74) is 5.18. The monoisotopic (exact) mass is 273 g/mol. The maximum absolute atomic E-state index is 10.8. The second-order valence-electron chi connectivity index (χ2n) is 2.43. The number of carbonyl (C=O) groups is 2. The lowest BCUT2D eigenvalue weighted by Crippen LogP contribution is -2.41. The van der Waals surface area contributed by atoms with E-state index in [2.05, 4.69) is 9.47 Å². The van der Waals surface area contributed by atoms with Gasteiger partial charge in [0.15, 0.2) is 0 Å². The second-order valence-corrected chi connectivity index (χ2v) is 3.33. The summed E-state index contributed by atoms with van der Waals surface area (Å²) in [6.45, 7) is 3.67. The molecule has 0 radical (unpaired) electrons. The van der Waals surface area contributed by atoms with Crippen LogP contribution < -0.4 is 5.73 Å². The van der Waals surface area contributed by atoms with Gasteiger partial charge in [-0.15, -0.1) is 0 Å². The van der Waals surface area contributed by atoms with Gasteiger partial charge in [0.25, 0.3) is 0 Å². The normalized spacial score (nSPS) is 10.2. The largest absolute Gasteiger partial charge is 0.464 e. The molecule has 0 bridgehead atoms. The highest BCUT2D eigenvalue weighted by molar-refractivity contribution is 7.79. The van der Waals surface area contributed by atoms with Gasteiger partial charge in [0.1, 0.15) is 0 Å². The summed E-state index contributed by atoms with van der Waals surface area (Å²) in [6, 6.07) is -1.31. The number of nitrogens with two attached hydrogens (primary N) is 1. The molecule has 0 rings (SSSR count). The number of ether oxygens (including phenoxy) is 2. The molecule has 102 valence electrons. The van der Waals surface area contributed by atoms with Crippen LogP contribution in [-0.4, -0.2) is 48.7 Å². The van der Waals surface area contributed by atoms with Crippen LogP contribution in [0.4, 0.5) is 0 Å². The topological polar surface area (TPSA) is 153 Å². The molecule has 0 heterocycles. The van der Waals surface area contributed by atoms with Crippen molar-refractivity contribution in [3.63, 3.8) is 0 Å². The Balaban J connectivity index is 0. The fraction of sp³-hybridized carbons (Fsp3) is 0.714. The lowest BCUT2D eigenvalue weighted by Gasteiger charge is -2.08. The van der Waals surface area contributed by atoms with Gasteiger partial charge in [-0.05, 0) is 13.8 Å². The molecule has 0 fully saturated rings. The molecular formula is C7H15NO8S. The SMILES string of the molecule is CCOC(=O)C(N)C(=O)OCC.O=S(=O)(O)O. The number of rotatable bonds is 4. The van der Waals surface area contributed by atoms with Crippen LogP contribution in [0.5, 0.6) is 0 Å². The van der Waals surface area contributed by atoms with E-state index < -0.39 is 28.4 Å². The van der Waals surface area contributed by atoms with Crippen LogP contribution in [0, 0.1) is 0 Å². The van der Waals surface area contributed by atoms with Crippen LogP contribution >= 0.6 is 0 Å². The third-order valence-corrected chi connectivity index (χ3v) is 1.08. The zero-order valence-corrected chi connectivity index (χ0v) is 10.1. The summed E-state index contributed by atoms with van der Waals surface area (Å²) in [7, 11) is -4.67. The highest BCUT2D eigenvalue weighted by Crippen LogP contribution is 1.89. The molecule has 17 heavy (non-hydrogen) atoms. The standard InChI is InChI=1S/C7H13NO4.H2O4S/c1-3-11-6(9)5(8)7(10)12-4-2;1-5(2,3)4/h5H,3-4,8H2,1-2H3;(H2,1,2,3,4). The van der Waals surface area contributed by atoms with Gasteiger partial charge in [0, 0.05) is 0 Å². The minimum atomic E-state index is -4.67. The van der Waals surface area contributed by atoms with E-state index in [-0.39, 0.29) is 13.2 Å². The molecule has 0 aromatic heterocycles. The molecule has 0 spiro atoms. The third kappa shape index (κ3) is 14.8. The summed E-state index contributed by atoms with van der Waals surface area (Å²) < 4.78 is 40.6. The highest BCUT2D eigenvalue weighted by atomic mass is 32.3. The molecule has 0 aliphatic rings. The zero-order valence-electron chi connectivity index (χ0n) is 9.32. The van der Waals surface area contributed by atoms with Gasteiger partial charge in [0.05, 0.1) is 13.2 Å². The molecule has 0 aliphatic carbocycles. The van der Waals surface area contributed by atoms with Crippen LogP contribution in [0.1, 0.15) is 13.8 Å². The molecule has 9 nitrogen and oxygen atoms in total. The minimum Gasteiger partial charge on any atom is -0.464 e. The molecule has 0 aromatic rings. The molecule has 0 unspecified atom stereocenters. The van der Waals surface area contributed by atoms with E-state index in [1.807, 2.05) is 0 Å². The Bertz CT molecular complexity index is 312. The van der Waals surface area contributed by atoms with Crippen LogP contribution in [0.3, 0.4) is 0 Å². The van der Waals surface area contributed by atoms with Crippen LogP contribution in [0.15, 0.2) is 0 Å². The Morgan fingerprint density at radius 1 is 1.12 bits per heavy atom. The first-order valence-corrected chi connectivity index (χ1v) is 5.81. The summed E-state index contributed by atoms with van der Waals surface area (Å²) in [4.78, 5) is 21.6. The Morgan fingerprint density at radius 3 is 1.53 bits per heavy atom. The Hall–Kier alpha value is -1.23.